The molecule has 0 aromatic heterocycles. The predicted molar refractivity (Wildman–Crippen MR) is 83.5 cm³/mol. The van der Waals surface area contributed by atoms with E-state index in [1.54, 1.807) is 11.8 Å². The Morgan fingerprint density at radius 3 is 2.60 bits per heavy atom. The molecule has 2 nitrogen and oxygen atoms in total. The fraction of sp³-hybridized carbons (Fsp3) is 0.235. The molecule has 0 fully saturated rings. The highest BCUT2D eigenvalue weighted by atomic mass is 32.2. The Morgan fingerprint density at radius 2 is 1.95 bits per heavy atom. The first-order valence-electron chi connectivity index (χ1n) is 6.56. The minimum atomic E-state index is 0.610. The maximum Gasteiger partial charge on any atom is 0.146 e. The van der Waals surface area contributed by atoms with E-state index in [0.29, 0.717) is 11.3 Å². The number of nitrogens with zero attached hydrogens (tertiary/aromatic N) is 1. The van der Waals surface area contributed by atoms with Crippen LogP contribution in [-0.4, -0.2) is 5.75 Å². The van der Waals surface area contributed by atoms with Crippen LogP contribution < -0.4 is 4.74 Å². The summed E-state index contributed by atoms with van der Waals surface area (Å²) in [5, 5.41) is 9.37. The molecule has 0 amide bonds. The van der Waals surface area contributed by atoms with Gasteiger partial charge >= 0.3 is 0 Å². The van der Waals surface area contributed by atoms with Gasteiger partial charge in [0.05, 0.1) is 0 Å². The fourth-order valence-corrected chi connectivity index (χ4v) is 2.79. The first-order chi connectivity index (χ1) is 9.65. The van der Waals surface area contributed by atoms with Crippen LogP contribution in [0.2, 0.25) is 0 Å². The molecule has 20 heavy (non-hydrogen) atoms. The second-order valence-electron chi connectivity index (χ2n) is 4.55. The van der Waals surface area contributed by atoms with Crippen molar-refractivity contribution in [2.24, 2.45) is 0 Å². The molecular weight excluding hydrogens is 266 g/mol. The van der Waals surface area contributed by atoms with E-state index in [1.807, 2.05) is 37.3 Å². The van der Waals surface area contributed by atoms with E-state index in [9.17, 15) is 5.26 Å². The summed E-state index contributed by atoms with van der Waals surface area (Å²) in [6.07, 6.45) is 0. The maximum absolute atomic E-state index is 9.37. The van der Waals surface area contributed by atoms with Gasteiger partial charge in [-0.15, -0.1) is 11.8 Å². The predicted octanol–water partition coefficient (Wildman–Crippen LogP) is 5.08. The topological polar surface area (TPSA) is 33.0 Å². The monoisotopic (exact) mass is 283 g/mol. The third-order valence-corrected chi connectivity index (χ3v) is 3.89. The van der Waals surface area contributed by atoms with Crippen molar-refractivity contribution in [3.63, 3.8) is 0 Å². The molecule has 0 N–H and O–H groups in total. The van der Waals surface area contributed by atoms with Crippen LogP contribution >= 0.6 is 11.8 Å². The van der Waals surface area contributed by atoms with Crippen LogP contribution in [0.5, 0.6) is 11.5 Å². The lowest BCUT2D eigenvalue weighted by molar-refractivity contribution is 0.475. The zero-order valence-electron chi connectivity index (χ0n) is 11.9. The highest BCUT2D eigenvalue weighted by Gasteiger charge is 2.11. The van der Waals surface area contributed by atoms with E-state index in [-0.39, 0.29) is 0 Å². The van der Waals surface area contributed by atoms with Gasteiger partial charge in [-0.3, -0.25) is 0 Å². The van der Waals surface area contributed by atoms with Gasteiger partial charge in [0.1, 0.15) is 23.1 Å². The summed E-state index contributed by atoms with van der Waals surface area (Å²) in [6.45, 7) is 6.14. The zero-order chi connectivity index (χ0) is 14.5. The largest absolute Gasteiger partial charge is 0.456 e. The van der Waals surface area contributed by atoms with Gasteiger partial charge in [-0.25, -0.2) is 0 Å². The zero-order valence-corrected chi connectivity index (χ0v) is 12.8. The quantitative estimate of drug-likeness (QED) is 0.734. The first-order valence-corrected chi connectivity index (χ1v) is 7.55. The number of rotatable bonds is 4. The Kier molecular flexibility index (Phi) is 4.70. The molecule has 0 aliphatic rings. The van der Waals surface area contributed by atoms with Gasteiger partial charge in [-0.1, -0.05) is 30.7 Å². The van der Waals surface area contributed by atoms with Gasteiger partial charge in [-0.05, 0) is 43.4 Å². The molecule has 0 aliphatic heterocycles. The van der Waals surface area contributed by atoms with Crippen LogP contribution in [0, 0.1) is 25.2 Å². The van der Waals surface area contributed by atoms with E-state index in [2.05, 4.69) is 26.0 Å². The number of aryl methyl sites for hydroxylation is 2. The van der Waals surface area contributed by atoms with E-state index < -0.39 is 0 Å². The smallest absolute Gasteiger partial charge is 0.146 e. The van der Waals surface area contributed by atoms with Crippen molar-refractivity contribution in [2.75, 3.05) is 5.75 Å². The van der Waals surface area contributed by atoms with Crippen molar-refractivity contribution < 1.29 is 4.74 Å². The van der Waals surface area contributed by atoms with Crippen molar-refractivity contribution in [2.45, 2.75) is 25.7 Å². The van der Waals surface area contributed by atoms with Crippen LogP contribution in [0.1, 0.15) is 23.6 Å². The van der Waals surface area contributed by atoms with E-state index in [1.165, 1.54) is 5.56 Å². The van der Waals surface area contributed by atoms with Crippen LogP contribution in [-0.2, 0) is 0 Å². The Labute approximate surface area is 124 Å². The molecule has 2 rings (SSSR count). The highest BCUT2D eigenvalue weighted by molar-refractivity contribution is 7.99. The second-order valence-corrected chi connectivity index (χ2v) is 5.85. The number of hydrogen-bond acceptors (Lipinski definition) is 3. The molecule has 0 saturated heterocycles. The van der Waals surface area contributed by atoms with Crippen molar-refractivity contribution in [3.8, 4) is 17.6 Å². The molecule has 0 radical (unpaired) electrons. The maximum atomic E-state index is 9.37. The fourth-order valence-electron chi connectivity index (χ4n) is 2.01. The van der Waals surface area contributed by atoms with Crippen molar-refractivity contribution >= 4 is 11.8 Å². The Morgan fingerprint density at radius 1 is 1.15 bits per heavy atom. The van der Waals surface area contributed by atoms with E-state index in [0.717, 1.165) is 22.0 Å². The first kappa shape index (κ1) is 14.5. The lowest BCUT2D eigenvalue weighted by Crippen LogP contribution is -1.93. The number of nitriles is 1. The summed E-state index contributed by atoms with van der Waals surface area (Å²) in [5.74, 6) is 2.35. The summed E-state index contributed by atoms with van der Waals surface area (Å²) in [6, 6.07) is 14.0. The number of hydrogen-bond donors (Lipinski definition) is 0. The molecule has 0 saturated carbocycles. The van der Waals surface area contributed by atoms with E-state index in [4.69, 9.17) is 4.74 Å². The van der Waals surface area contributed by atoms with Crippen LogP contribution in [0.25, 0.3) is 0 Å². The van der Waals surface area contributed by atoms with Crippen LogP contribution in [0.4, 0.5) is 0 Å². The summed E-state index contributed by atoms with van der Waals surface area (Å²) in [7, 11) is 0. The third kappa shape index (κ3) is 3.15. The Hall–Kier alpha value is -1.92. The molecule has 0 aliphatic carbocycles. The van der Waals surface area contributed by atoms with Crippen molar-refractivity contribution in [1.29, 1.82) is 5.26 Å². The molecule has 0 bridgehead atoms. The summed E-state index contributed by atoms with van der Waals surface area (Å²) >= 11 is 1.66. The standard InChI is InChI=1S/C17H17NOS/c1-4-20-17-7-5-6-16(14(17)11-18)19-15-9-8-12(2)10-13(15)3/h5-10H,4H2,1-3H3. The highest BCUT2D eigenvalue weighted by Crippen LogP contribution is 2.33. The normalized spacial score (nSPS) is 10.1. The number of ether oxygens (including phenoxy) is 1. The van der Waals surface area contributed by atoms with Crippen LogP contribution in [0.15, 0.2) is 41.3 Å². The molecule has 0 atom stereocenters. The lowest BCUT2D eigenvalue weighted by atomic mass is 10.1. The minimum Gasteiger partial charge on any atom is -0.456 e. The molecule has 2 aromatic carbocycles. The Bertz CT molecular complexity index is 659. The van der Waals surface area contributed by atoms with Crippen molar-refractivity contribution in [1.82, 2.24) is 0 Å². The molecule has 0 spiro atoms. The molecule has 3 heteroatoms. The number of benzene rings is 2. The number of thioether (sulfide) groups is 1. The summed E-state index contributed by atoms with van der Waals surface area (Å²) in [4.78, 5) is 0.970. The molecular formula is C17H17NOS. The molecule has 102 valence electrons. The summed E-state index contributed by atoms with van der Waals surface area (Å²) < 4.78 is 5.94. The van der Waals surface area contributed by atoms with Gasteiger partial charge in [0.25, 0.3) is 0 Å². The minimum absolute atomic E-state index is 0.610. The average molecular weight is 283 g/mol. The lowest BCUT2D eigenvalue weighted by Gasteiger charge is -2.12. The van der Waals surface area contributed by atoms with Gasteiger partial charge in [0, 0.05) is 4.90 Å². The third-order valence-electron chi connectivity index (χ3n) is 2.95. The van der Waals surface area contributed by atoms with Crippen LogP contribution in [0.3, 0.4) is 0 Å². The van der Waals surface area contributed by atoms with Crippen molar-refractivity contribution in [3.05, 3.63) is 53.1 Å². The average Bonchev–Trinajstić information content (AvgIpc) is 2.42. The molecule has 0 heterocycles. The summed E-state index contributed by atoms with van der Waals surface area (Å²) in [5.41, 5.74) is 2.88. The van der Waals surface area contributed by atoms with Gasteiger partial charge in [0.15, 0.2) is 0 Å². The second kappa shape index (κ2) is 6.49. The van der Waals surface area contributed by atoms with Gasteiger partial charge in [0.2, 0.25) is 0 Å². The molecule has 0 unspecified atom stereocenters. The molecule has 2 aromatic rings. The van der Waals surface area contributed by atoms with Gasteiger partial charge in [-0.2, -0.15) is 5.26 Å². The Balaban J connectivity index is 2.38. The van der Waals surface area contributed by atoms with Gasteiger partial charge < -0.3 is 4.74 Å². The van der Waals surface area contributed by atoms with E-state index >= 15 is 0 Å². The SMILES string of the molecule is CCSc1cccc(Oc2ccc(C)cc2C)c1C#N.